The van der Waals surface area contributed by atoms with Crippen molar-refractivity contribution in [3.63, 3.8) is 0 Å². The van der Waals surface area contributed by atoms with Gasteiger partial charge in [-0.15, -0.1) is 69.1 Å². The molecule has 0 saturated carbocycles. The Morgan fingerprint density at radius 3 is 1.24 bits per heavy atom. The summed E-state index contributed by atoms with van der Waals surface area (Å²) >= 11 is 1.74. The minimum Gasteiger partial charge on any atom is -1.00 e. The van der Waals surface area contributed by atoms with E-state index in [4.69, 9.17) is 0 Å². The van der Waals surface area contributed by atoms with Gasteiger partial charge in [0.15, 0.2) is 0 Å². The van der Waals surface area contributed by atoms with Gasteiger partial charge in [0.05, 0.1) is 0 Å². The van der Waals surface area contributed by atoms with Gasteiger partial charge in [-0.05, 0) is 24.0 Å². The Kier molecular flexibility index (Phi) is 18.8. The van der Waals surface area contributed by atoms with Crippen LogP contribution in [0.1, 0.15) is 63.5 Å². The minimum absolute atomic E-state index is 0. The standard InChI is InChI=1S/2C20H21.C2H6Si.2ClH.Zr/c2*1-2-3-5-9-16-14-18-12-8-13-19(20(18)15-16)17-10-6-4-7-11-17;1-3-2;;;/h2*4,6-8,10-15H,2-3,5,9H2,1H3;1-2H3;2*1H;/q2*-1;;;;+2/p-2. The van der Waals surface area contributed by atoms with E-state index < -0.39 is 0 Å². The van der Waals surface area contributed by atoms with Gasteiger partial charge in [0.25, 0.3) is 0 Å². The van der Waals surface area contributed by atoms with E-state index >= 15 is 0 Å². The number of benzene rings is 4. The van der Waals surface area contributed by atoms with Crippen LogP contribution in [-0.4, -0.2) is 5.43 Å². The van der Waals surface area contributed by atoms with Crippen molar-refractivity contribution in [1.82, 2.24) is 0 Å². The Labute approximate surface area is 306 Å². The summed E-state index contributed by atoms with van der Waals surface area (Å²) in [5, 5.41) is 5.53. The van der Waals surface area contributed by atoms with Gasteiger partial charge >= 0.3 is 41.9 Å². The van der Waals surface area contributed by atoms with Crippen molar-refractivity contribution in [2.75, 3.05) is 0 Å². The van der Waals surface area contributed by atoms with E-state index in [9.17, 15) is 0 Å². The van der Waals surface area contributed by atoms with Crippen LogP contribution in [0.3, 0.4) is 0 Å². The van der Waals surface area contributed by atoms with Crippen molar-refractivity contribution < 1.29 is 48.1 Å². The molecule has 0 aromatic heterocycles. The fourth-order valence-electron chi connectivity index (χ4n) is 5.78. The Morgan fingerprint density at radius 2 is 0.891 bits per heavy atom. The van der Waals surface area contributed by atoms with E-state index in [-0.39, 0.29) is 30.2 Å². The number of aryl methyl sites for hydroxylation is 2. The predicted molar refractivity (Wildman–Crippen MR) is 194 cm³/mol. The Morgan fingerprint density at radius 1 is 0.522 bits per heavy atom. The maximum absolute atomic E-state index is 2.38. The topological polar surface area (TPSA) is 0 Å². The average molecular weight is 743 g/mol. The van der Waals surface area contributed by atoms with E-state index in [0.29, 0.717) is 0 Å². The van der Waals surface area contributed by atoms with E-state index in [1.807, 2.05) is 0 Å². The van der Waals surface area contributed by atoms with Crippen LogP contribution in [0.5, 0.6) is 0 Å². The minimum atomic E-state index is 0. The first-order chi connectivity index (χ1) is 21.5. The molecule has 0 bridgehead atoms. The second kappa shape index (κ2) is 21.6. The molecule has 0 aliphatic carbocycles. The Balaban J connectivity index is 0.000000276. The molecule has 0 heterocycles. The second-order valence-corrected chi connectivity index (χ2v) is 21.4. The molecule has 6 aromatic carbocycles. The van der Waals surface area contributed by atoms with Gasteiger partial charge < -0.3 is 24.8 Å². The normalized spacial score (nSPS) is 10.2. The zero-order valence-electron chi connectivity index (χ0n) is 28.0. The van der Waals surface area contributed by atoms with Crippen LogP contribution in [-0.2, 0) is 36.2 Å². The first kappa shape index (κ1) is 40.0. The molecule has 46 heavy (non-hydrogen) atoms. The summed E-state index contributed by atoms with van der Waals surface area (Å²) in [6.07, 6.45) is 10.2. The molecule has 4 heteroatoms. The Bertz CT molecular complexity index is 1590. The van der Waals surface area contributed by atoms with Crippen LogP contribution in [0.2, 0.25) is 13.1 Å². The predicted octanol–water partition coefficient (Wildman–Crippen LogP) is 6.71. The van der Waals surface area contributed by atoms with Crippen molar-refractivity contribution in [2.45, 2.75) is 78.3 Å². The summed E-state index contributed by atoms with van der Waals surface area (Å²) in [5.74, 6) is 0. The molecule has 0 amide bonds. The number of fused-ring (bicyclic) bond motifs is 2. The van der Waals surface area contributed by atoms with Gasteiger partial charge in [-0.3, -0.25) is 0 Å². The molecule has 6 rings (SSSR count). The van der Waals surface area contributed by atoms with Crippen molar-refractivity contribution >= 4 is 27.0 Å². The summed E-state index contributed by atoms with van der Waals surface area (Å²) in [6, 6.07) is 44.1. The van der Waals surface area contributed by atoms with Crippen LogP contribution in [0.15, 0.2) is 121 Å². The molecule has 0 unspecified atom stereocenters. The second-order valence-electron chi connectivity index (χ2n) is 12.0. The third kappa shape index (κ3) is 12.1. The van der Waals surface area contributed by atoms with E-state index in [2.05, 4.69) is 148 Å². The maximum Gasteiger partial charge on any atom is -1.00 e. The Hall–Kier alpha value is -2.22. The van der Waals surface area contributed by atoms with Crippen LogP contribution >= 0.6 is 0 Å². The van der Waals surface area contributed by atoms with Gasteiger partial charge in [0, 0.05) is 0 Å². The summed E-state index contributed by atoms with van der Waals surface area (Å²) in [5.41, 5.74) is 8.50. The third-order valence-corrected chi connectivity index (χ3v) is 7.93. The van der Waals surface area contributed by atoms with E-state index in [0.717, 1.165) is 0 Å². The zero-order chi connectivity index (χ0) is 31.1. The first-order valence-electron chi connectivity index (χ1n) is 16.5. The van der Waals surface area contributed by atoms with Gasteiger partial charge in [0.1, 0.15) is 0 Å². The molecular weight excluding hydrogens is 695 g/mol. The van der Waals surface area contributed by atoms with Crippen LogP contribution < -0.4 is 24.8 Å². The quantitative estimate of drug-likeness (QED) is 0.0833. The zero-order valence-corrected chi connectivity index (χ0v) is 32.9. The van der Waals surface area contributed by atoms with Crippen molar-refractivity contribution in [2.24, 2.45) is 0 Å². The van der Waals surface area contributed by atoms with Crippen LogP contribution in [0.4, 0.5) is 0 Å². The number of halogens is 2. The number of unbranched alkanes of at least 4 members (excludes halogenated alkanes) is 4. The molecule has 240 valence electrons. The molecule has 0 N–H and O–H groups in total. The summed E-state index contributed by atoms with van der Waals surface area (Å²) in [7, 11) is 0. The van der Waals surface area contributed by atoms with Crippen LogP contribution in [0.25, 0.3) is 43.8 Å². The fraction of sp³-hybridized carbons (Fsp3) is 0.286. The fourth-order valence-corrected chi connectivity index (χ4v) is 5.78. The SMILES string of the molecule is CCCCCc1cc2c(-c3ccccc3)cccc2[cH-]1.CCCCCc1cc2c(-c3ccccc3)cccc2[cH-]1.C[Si](C)=[Zr+2].[Cl-].[Cl-]. The molecule has 0 radical (unpaired) electrons. The van der Waals surface area contributed by atoms with Crippen molar-refractivity contribution in [1.29, 1.82) is 0 Å². The molecule has 0 fully saturated rings. The monoisotopic (exact) mass is 740 g/mol. The smallest absolute Gasteiger partial charge is 1.00 e. The molecule has 0 aliphatic rings. The maximum atomic E-state index is 2.38. The molecule has 0 aliphatic heterocycles. The van der Waals surface area contributed by atoms with E-state index in [1.54, 1.807) is 23.3 Å². The van der Waals surface area contributed by atoms with Gasteiger partial charge in [-0.2, -0.15) is 12.1 Å². The molecular formula is C42H48Cl2SiZr-2. The van der Waals surface area contributed by atoms with Crippen LogP contribution in [0, 0.1) is 0 Å². The third-order valence-electron chi connectivity index (χ3n) is 7.93. The first-order valence-corrected chi connectivity index (χ1v) is 22.7. The van der Waals surface area contributed by atoms with Crippen molar-refractivity contribution in [3.05, 3.63) is 132 Å². The largest absolute Gasteiger partial charge is 1.00 e. The summed E-state index contributed by atoms with van der Waals surface area (Å²) < 4.78 is 0. The number of rotatable bonds is 10. The number of hydrogen-bond donors (Lipinski definition) is 0. The van der Waals surface area contributed by atoms with Gasteiger partial charge in [0.2, 0.25) is 0 Å². The molecule has 0 atom stereocenters. The molecule has 6 aromatic rings. The van der Waals surface area contributed by atoms with E-state index in [1.165, 1.54) is 106 Å². The number of hydrogen-bond acceptors (Lipinski definition) is 0. The molecule has 0 spiro atoms. The average Bonchev–Trinajstić information content (AvgIpc) is 3.66. The van der Waals surface area contributed by atoms with Gasteiger partial charge in [-0.25, -0.2) is 0 Å². The summed E-state index contributed by atoms with van der Waals surface area (Å²) in [6.45, 7) is 9.13. The summed E-state index contributed by atoms with van der Waals surface area (Å²) in [4.78, 5) is 0. The van der Waals surface area contributed by atoms with Gasteiger partial charge in [-0.1, -0.05) is 136 Å². The molecule has 0 saturated heterocycles. The molecule has 0 nitrogen and oxygen atoms in total. The van der Waals surface area contributed by atoms with Crippen molar-refractivity contribution in [3.8, 4) is 22.3 Å².